The molecule has 2 amide bonds. The van der Waals surface area contributed by atoms with Crippen LogP contribution in [0.15, 0.2) is 24.3 Å². The Hall–Kier alpha value is -1.15. The van der Waals surface area contributed by atoms with Crippen molar-refractivity contribution in [2.24, 2.45) is 5.73 Å². The first-order valence-corrected chi connectivity index (χ1v) is 7.71. The summed E-state index contributed by atoms with van der Waals surface area (Å²) in [5.41, 5.74) is 5.90. The zero-order valence-electron chi connectivity index (χ0n) is 11.1. The molecule has 0 saturated carbocycles. The molecule has 3 N–H and O–H groups in total. The normalized spacial score (nSPS) is 15.8. The van der Waals surface area contributed by atoms with Crippen LogP contribution in [-0.4, -0.2) is 42.4 Å². The lowest BCUT2D eigenvalue weighted by Crippen LogP contribution is -2.49. The minimum atomic E-state index is -0.470. The van der Waals surface area contributed by atoms with Gasteiger partial charge in [0, 0.05) is 15.2 Å². The van der Waals surface area contributed by atoms with Crippen LogP contribution in [0.2, 0.25) is 0 Å². The topological polar surface area (TPSA) is 75.4 Å². The SMILES string of the molecule is NC(=O)CN(C(=O)c1cccc(I)c1)C1CCNCC1. The van der Waals surface area contributed by atoms with Gasteiger partial charge >= 0.3 is 0 Å². The maximum Gasteiger partial charge on any atom is 0.254 e. The highest BCUT2D eigenvalue weighted by Gasteiger charge is 2.27. The van der Waals surface area contributed by atoms with Crippen LogP contribution in [0, 0.1) is 3.57 Å². The number of hydrogen-bond acceptors (Lipinski definition) is 3. The number of nitrogens with one attached hydrogen (secondary N) is 1. The van der Waals surface area contributed by atoms with E-state index in [1.54, 1.807) is 11.0 Å². The maximum absolute atomic E-state index is 12.6. The Morgan fingerprint density at radius 2 is 2.05 bits per heavy atom. The average molecular weight is 387 g/mol. The molecule has 108 valence electrons. The standard InChI is InChI=1S/C14H18IN3O2/c15-11-3-1-2-10(8-11)14(20)18(9-13(16)19)12-4-6-17-7-5-12/h1-3,8,12,17H,4-7,9H2,(H2,16,19). The number of benzene rings is 1. The Bertz CT molecular complexity index is 501. The molecule has 20 heavy (non-hydrogen) atoms. The summed E-state index contributed by atoms with van der Waals surface area (Å²) in [6.07, 6.45) is 1.70. The van der Waals surface area contributed by atoms with Gasteiger partial charge in [-0.1, -0.05) is 6.07 Å². The third-order valence-corrected chi connectivity index (χ3v) is 4.08. The van der Waals surface area contributed by atoms with Gasteiger partial charge in [-0.15, -0.1) is 0 Å². The molecule has 0 atom stereocenters. The Kier molecular flexibility index (Phi) is 5.36. The van der Waals surface area contributed by atoms with Crippen molar-refractivity contribution in [1.29, 1.82) is 0 Å². The lowest BCUT2D eigenvalue weighted by molar-refractivity contribution is -0.119. The maximum atomic E-state index is 12.6. The van der Waals surface area contributed by atoms with Gasteiger partial charge < -0.3 is 16.0 Å². The number of primary amides is 1. The Morgan fingerprint density at radius 1 is 1.35 bits per heavy atom. The van der Waals surface area contributed by atoms with E-state index < -0.39 is 5.91 Å². The zero-order valence-corrected chi connectivity index (χ0v) is 13.3. The molecule has 1 aromatic rings. The van der Waals surface area contributed by atoms with E-state index >= 15 is 0 Å². The number of carbonyl (C=O) groups excluding carboxylic acids is 2. The van der Waals surface area contributed by atoms with E-state index in [0.29, 0.717) is 5.56 Å². The van der Waals surface area contributed by atoms with Gasteiger partial charge in [-0.25, -0.2) is 0 Å². The van der Waals surface area contributed by atoms with Crippen LogP contribution in [0.5, 0.6) is 0 Å². The number of amides is 2. The lowest BCUT2D eigenvalue weighted by atomic mass is 10.0. The van der Waals surface area contributed by atoms with Crippen LogP contribution in [-0.2, 0) is 4.79 Å². The number of nitrogens with zero attached hydrogens (tertiary/aromatic N) is 1. The molecular formula is C14H18IN3O2. The molecule has 0 aliphatic carbocycles. The monoisotopic (exact) mass is 387 g/mol. The average Bonchev–Trinajstić information content (AvgIpc) is 2.45. The van der Waals surface area contributed by atoms with E-state index in [-0.39, 0.29) is 18.5 Å². The van der Waals surface area contributed by atoms with Crippen molar-refractivity contribution < 1.29 is 9.59 Å². The predicted molar refractivity (Wildman–Crippen MR) is 85.3 cm³/mol. The summed E-state index contributed by atoms with van der Waals surface area (Å²) >= 11 is 2.17. The molecule has 1 heterocycles. The minimum absolute atomic E-state index is 0.0189. The molecule has 0 spiro atoms. The molecule has 1 aliphatic heterocycles. The van der Waals surface area contributed by atoms with Crippen LogP contribution in [0.4, 0.5) is 0 Å². The highest BCUT2D eigenvalue weighted by molar-refractivity contribution is 14.1. The summed E-state index contributed by atoms with van der Waals surface area (Å²) < 4.78 is 0.998. The second kappa shape index (κ2) is 7.03. The van der Waals surface area contributed by atoms with Crippen molar-refractivity contribution in [3.8, 4) is 0 Å². The molecule has 1 aliphatic rings. The molecular weight excluding hydrogens is 369 g/mol. The van der Waals surface area contributed by atoms with Crippen molar-refractivity contribution in [3.63, 3.8) is 0 Å². The molecule has 0 radical (unpaired) electrons. The van der Waals surface area contributed by atoms with Gasteiger partial charge in [0.1, 0.15) is 0 Å². The van der Waals surface area contributed by atoms with Gasteiger partial charge in [0.05, 0.1) is 6.54 Å². The lowest BCUT2D eigenvalue weighted by Gasteiger charge is -2.34. The van der Waals surface area contributed by atoms with E-state index in [1.165, 1.54) is 0 Å². The first-order chi connectivity index (χ1) is 9.58. The Morgan fingerprint density at radius 3 is 2.65 bits per heavy atom. The molecule has 0 aromatic heterocycles. The quantitative estimate of drug-likeness (QED) is 0.757. The van der Waals surface area contributed by atoms with E-state index in [1.807, 2.05) is 18.2 Å². The number of carbonyl (C=O) groups is 2. The first-order valence-electron chi connectivity index (χ1n) is 6.63. The summed E-state index contributed by atoms with van der Waals surface area (Å²) in [6.45, 7) is 1.70. The molecule has 0 unspecified atom stereocenters. The second-order valence-corrected chi connectivity index (χ2v) is 6.14. The van der Waals surface area contributed by atoms with Crippen molar-refractivity contribution >= 4 is 34.4 Å². The molecule has 1 saturated heterocycles. The van der Waals surface area contributed by atoms with Gasteiger partial charge in [0.15, 0.2) is 0 Å². The Labute approximate surface area is 132 Å². The van der Waals surface area contributed by atoms with Crippen molar-refractivity contribution in [1.82, 2.24) is 10.2 Å². The van der Waals surface area contributed by atoms with Crippen molar-refractivity contribution in [2.45, 2.75) is 18.9 Å². The first kappa shape index (κ1) is 15.2. The van der Waals surface area contributed by atoms with Gasteiger partial charge in [-0.05, 0) is 66.7 Å². The molecule has 1 fully saturated rings. The zero-order chi connectivity index (χ0) is 14.5. The third kappa shape index (κ3) is 3.92. The van der Waals surface area contributed by atoms with Crippen molar-refractivity contribution in [2.75, 3.05) is 19.6 Å². The summed E-state index contributed by atoms with van der Waals surface area (Å²) in [4.78, 5) is 25.5. The fourth-order valence-electron chi connectivity index (χ4n) is 2.44. The number of hydrogen-bond donors (Lipinski definition) is 2. The van der Waals surface area contributed by atoms with Gasteiger partial charge in [-0.3, -0.25) is 9.59 Å². The highest BCUT2D eigenvalue weighted by atomic mass is 127. The Balaban J connectivity index is 2.20. The number of rotatable bonds is 4. The van der Waals surface area contributed by atoms with Crippen LogP contribution in [0.3, 0.4) is 0 Å². The van der Waals surface area contributed by atoms with E-state index in [9.17, 15) is 9.59 Å². The highest BCUT2D eigenvalue weighted by Crippen LogP contribution is 2.17. The van der Waals surface area contributed by atoms with Crippen LogP contribution >= 0.6 is 22.6 Å². The van der Waals surface area contributed by atoms with E-state index in [4.69, 9.17) is 5.73 Å². The molecule has 0 bridgehead atoms. The van der Waals surface area contributed by atoms with Crippen LogP contribution in [0.25, 0.3) is 0 Å². The summed E-state index contributed by atoms with van der Waals surface area (Å²) in [6, 6.07) is 7.46. The summed E-state index contributed by atoms with van der Waals surface area (Å²) in [5, 5.41) is 3.26. The number of piperidine rings is 1. The number of nitrogens with two attached hydrogens (primary N) is 1. The third-order valence-electron chi connectivity index (χ3n) is 3.41. The van der Waals surface area contributed by atoms with Gasteiger partial charge in [-0.2, -0.15) is 0 Å². The van der Waals surface area contributed by atoms with Crippen LogP contribution in [0.1, 0.15) is 23.2 Å². The van der Waals surface area contributed by atoms with Crippen LogP contribution < -0.4 is 11.1 Å². The molecule has 2 rings (SSSR count). The van der Waals surface area contributed by atoms with E-state index in [2.05, 4.69) is 27.9 Å². The summed E-state index contributed by atoms with van der Waals surface area (Å²) in [7, 11) is 0. The summed E-state index contributed by atoms with van der Waals surface area (Å²) in [5.74, 6) is -0.586. The smallest absolute Gasteiger partial charge is 0.254 e. The molecule has 5 nitrogen and oxygen atoms in total. The van der Waals surface area contributed by atoms with Gasteiger partial charge in [0.2, 0.25) is 5.91 Å². The molecule has 1 aromatic carbocycles. The minimum Gasteiger partial charge on any atom is -0.368 e. The van der Waals surface area contributed by atoms with Gasteiger partial charge in [0.25, 0.3) is 5.91 Å². The predicted octanol–water partition coefficient (Wildman–Crippen LogP) is 0.971. The second-order valence-electron chi connectivity index (χ2n) is 4.89. The fourth-order valence-corrected chi connectivity index (χ4v) is 2.98. The number of halogens is 1. The van der Waals surface area contributed by atoms with E-state index in [0.717, 1.165) is 29.5 Å². The fraction of sp³-hybridized carbons (Fsp3) is 0.429. The molecule has 6 heteroatoms. The van der Waals surface area contributed by atoms with Crippen molar-refractivity contribution in [3.05, 3.63) is 33.4 Å². The largest absolute Gasteiger partial charge is 0.368 e.